The molecule has 2 N–H and O–H groups in total. The highest BCUT2D eigenvalue weighted by atomic mass is 19.1. The van der Waals surface area contributed by atoms with Crippen LogP contribution in [-0.4, -0.2) is 47.6 Å². The zero-order chi connectivity index (χ0) is 19.9. The van der Waals surface area contributed by atoms with Crippen LogP contribution < -0.4 is 5.32 Å². The molecule has 148 valence electrons. The lowest BCUT2D eigenvalue weighted by Gasteiger charge is -2.30. The van der Waals surface area contributed by atoms with E-state index < -0.39 is 6.04 Å². The second-order valence-electron chi connectivity index (χ2n) is 7.01. The highest BCUT2D eigenvalue weighted by molar-refractivity contribution is 5.97. The van der Waals surface area contributed by atoms with Gasteiger partial charge in [0, 0.05) is 25.3 Å². The van der Waals surface area contributed by atoms with Gasteiger partial charge in [0.1, 0.15) is 11.9 Å². The predicted molar refractivity (Wildman–Crippen MR) is 105 cm³/mol. The largest absolute Gasteiger partial charge is 0.396 e. The number of rotatable bonds is 6. The van der Waals surface area contributed by atoms with Crippen LogP contribution in [0.4, 0.5) is 4.39 Å². The van der Waals surface area contributed by atoms with Crippen molar-refractivity contribution in [3.05, 3.63) is 59.9 Å². The zero-order valence-corrected chi connectivity index (χ0v) is 15.7. The lowest BCUT2D eigenvalue weighted by Crippen LogP contribution is -2.50. The molecule has 2 amide bonds. The summed E-state index contributed by atoms with van der Waals surface area (Å²) in [4.78, 5) is 27.1. The van der Waals surface area contributed by atoms with Gasteiger partial charge in [0.15, 0.2) is 0 Å². The number of nitrogens with zero attached hydrogens (tertiary/aromatic N) is 1. The maximum Gasteiger partial charge on any atom is 0.251 e. The van der Waals surface area contributed by atoms with Crippen molar-refractivity contribution >= 4 is 11.8 Å². The van der Waals surface area contributed by atoms with Gasteiger partial charge in [0.25, 0.3) is 5.91 Å². The average molecular weight is 384 g/mol. The Morgan fingerprint density at radius 2 is 1.54 bits per heavy atom. The molecule has 0 aliphatic carbocycles. The lowest BCUT2D eigenvalue weighted by molar-refractivity contribution is -0.134. The van der Waals surface area contributed by atoms with Gasteiger partial charge in [-0.15, -0.1) is 0 Å². The molecule has 0 saturated carbocycles. The number of nitrogens with one attached hydrogen (secondary N) is 1. The van der Waals surface area contributed by atoms with E-state index in [2.05, 4.69) is 5.32 Å². The summed E-state index contributed by atoms with van der Waals surface area (Å²) in [6.07, 6.45) is 3.24. The number of halogens is 1. The minimum absolute atomic E-state index is 0.134. The van der Waals surface area contributed by atoms with Gasteiger partial charge < -0.3 is 15.3 Å². The molecule has 3 rings (SSSR count). The number of amides is 2. The zero-order valence-electron chi connectivity index (χ0n) is 15.7. The Balaban J connectivity index is 1.67. The fourth-order valence-corrected chi connectivity index (χ4v) is 3.42. The average Bonchev–Trinajstić information content (AvgIpc) is 2.74. The van der Waals surface area contributed by atoms with Crippen LogP contribution in [-0.2, 0) is 4.79 Å². The summed E-state index contributed by atoms with van der Waals surface area (Å²) in [7, 11) is 0. The van der Waals surface area contributed by atoms with Crippen molar-refractivity contribution < 1.29 is 19.1 Å². The first-order valence-electron chi connectivity index (χ1n) is 9.65. The molecule has 0 spiro atoms. The predicted octanol–water partition coefficient (Wildman–Crippen LogP) is 2.99. The molecule has 1 aliphatic heterocycles. The van der Waals surface area contributed by atoms with Crippen molar-refractivity contribution in [1.82, 2.24) is 10.2 Å². The van der Waals surface area contributed by atoms with Crippen LogP contribution in [0.2, 0.25) is 0 Å². The monoisotopic (exact) mass is 384 g/mol. The number of hydrogen-bond acceptors (Lipinski definition) is 3. The first-order chi connectivity index (χ1) is 13.6. The Morgan fingerprint density at radius 3 is 2.11 bits per heavy atom. The molecule has 1 aliphatic rings. The molecule has 1 atom stereocenters. The quantitative estimate of drug-likeness (QED) is 0.804. The van der Waals surface area contributed by atoms with E-state index in [9.17, 15) is 19.1 Å². The summed E-state index contributed by atoms with van der Waals surface area (Å²) >= 11 is 0. The lowest BCUT2D eigenvalue weighted by atomic mass is 10.0. The number of carbonyl (C=O) groups is 2. The number of aliphatic hydroxyl groups is 1. The van der Waals surface area contributed by atoms with E-state index in [1.165, 1.54) is 12.1 Å². The van der Waals surface area contributed by atoms with E-state index in [4.69, 9.17) is 0 Å². The van der Waals surface area contributed by atoms with Crippen molar-refractivity contribution in [1.29, 1.82) is 0 Å². The minimum Gasteiger partial charge on any atom is -0.396 e. The van der Waals surface area contributed by atoms with Crippen molar-refractivity contribution in [3.63, 3.8) is 0 Å². The van der Waals surface area contributed by atoms with Gasteiger partial charge in [0.05, 0.1) is 0 Å². The summed E-state index contributed by atoms with van der Waals surface area (Å²) in [5.74, 6) is -0.785. The normalized spacial score (nSPS) is 15.1. The molecule has 0 aromatic heterocycles. The van der Waals surface area contributed by atoms with E-state index >= 15 is 0 Å². The number of carbonyl (C=O) groups excluding carboxylic acids is 2. The third-order valence-electron chi connectivity index (χ3n) is 5.01. The molecule has 0 bridgehead atoms. The fourth-order valence-electron chi connectivity index (χ4n) is 3.42. The van der Waals surface area contributed by atoms with Crippen molar-refractivity contribution in [3.8, 4) is 11.1 Å². The first kappa shape index (κ1) is 20.0. The third kappa shape index (κ3) is 4.95. The van der Waals surface area contributed by atoms with E-state index in [0.717, 1.165) is 30.4 Å². The van der Waals surface area contributed by atoms with Gasteiger partial charge >= 0.3 is 0 Å². The van der Waals surface area contributed by atoms with Crippen LogP contribution in [0.15, 0.2) is 48.5 Å². The maximum atomic E-state index is 13.1. The first-order valence-corrected chi connectivity index (χ1v) is 9.65. The Bertz CT molecular complexity index is 800. The molecule has 2 aromatic rings. The highest BCUT2D eigenvalue weighted by Gasteiger charge is 2.26. The molecule has 2 aromatic carbocycles. The van der Waals surface area contributed by atoms with Crippen LogP contribution >= 0.6 is 0 Å². The SMILES string of the molecule is O=C(N[C@@H](CCO)C(=O)N1CCCCC1)c1ccc(-c2ccc(F)cc2)cc1. The van der Waals surface area contributed by atoms with Gasteiger partial charge in [0.2, 0.25) is 5.91 Å². The topological polar surface area (TPSA) is 69.6 Å². The van der Waals surface area contributed by atoms with Gasteiger partial charge in [-0.2, -0.15) is 0 Å². The van der Waals surface area contributed by atoms with Crippen LogP contribution in [0.1, 0.15) is 36.0 Å². The number of aliphatic hydroxyl groups excluding tert-OH is 1. The van der Waals surface area contributed by atoms with Crippen LogP contribution in [0.3, 0.4) is 0 Å². The number of benzene rings is 2. The second-order valence-corrected chi connectivity index (χ2v) is 7.01. The maximum absolute atomic E-state index is 13.1. The summed E-state index contributed by atoms with van der Waals surface area (Å²) in [5, 5.41) is 12.1. The second kappa shape index (κ2) is 9.46. The number of piperidine rings is 1. The smallest absolute Gasteiger partial charge is 0.251 e. The molecule has 5 nitrogen and oxygen atoms in total. The van der Waals surface area contributed by atoms with Crippen molar-refractivity contribution in [2.75, 3.05) is 19.7 Å². The van der Waals surface area contributed by atoms with Gasteiger partial charge in [-0.25, -0.2) is 4.39 Å². The summed E-state index contributed by atoms with van der Waals surface area (Å²) in [6.45, 7) is 1.22. The fraction of sp³-hybridized carbons (Fsp3) is 0.364. The standard InChI is InChI=1S/C22H25FN2O3/c23-19-10-8-17(9-11-19)16-4-6-18(7-5-16)21(27)24-20(12-15-26)22(28)25-13-2-1-3-14-25/h4-11,20,26H,1-3,12-15H2,(H,24,27)/t20-/m0/s1. The number of hydrogen-bond donors (Lipinski definition) is 2. The van der Waals surface area contributed by atoms with E-state index in [0.29, 0.717) is 18.7 Å². The van der Waals surface area contributed by atoms with E-state index in [1.807, 2.05) is 0 Å². The van der Waals surface area contributed by atoms with Crippen molar-refractivity contribution in [2.24, 2.45) is 0 Å². The Morgan fingerprint density at radius 1 is 0.964 bits per heavy atom. The molecule has 0 unspecified atom stereocenters. The minimum atomic E-state index is -0.729. The Kier molecular flexibility index (Phi) is 6.76. The molecule has 28 heavy (non-hydrogen) atoms. The van der Waals surface area contributed by atoms with Gasteiger partial charge in [-0.1, -0.05) is 24.3 Å². The Labute approximate surface area is 164 Å². The molecule has 6 heteroatoms. The summed E-state index contributed by atoms with van der Waals surface area (Å²) < 4.78 is 13.1. The molecule has 1 saturated heterocycles. The molecule has 1 fully saturated rings. The van der Waals surface area contributed by atoms with Crippen LogP contribution in [0, 0.1) is 5.82 Å². The van der Waals surface area contributed by atoms with E-state index in [-0.39, 0.29) is 30.7 Å². The highest BCUT2D eigenvalue weighted by Crippen LogP contribution is 2.20. The molecule has 1 heterocycles. The Hall–Kier alpha value is -2.73. The number of likely N-dealkylation sites (tertiary alicyclic amines) is 1. The van der Waals surface area contributed by atoms with Gasteiger partial charge in [-0.05, 0) is 61.1 Å². The molecule has 0 radical (unpaired) electrons. The van der Waals surface area contributed by atoms with Crippen LogP contribution in [0.25, 0.3) is 11.1 Å². The molecular formula is C22H25FN2O3. The third-order valence-corrected chi connectivity index (χ3v) is 5.01. The van der Waals surface area contributed by atoms with Gasteiger partial charge in [-0.3, -0.25) is 9.59 Å². The summed E-state index contributed by atoms with van der Waals surface area (Å²) in [6, 6.07) is 12.3. The van der Waals surface area contributed by atoms with Crippen LogP contribution in [0.5, 0.6) is 0 Å². The molecular weight excluding hydrogens is 359 g/mol. The summed E-state index contributed by atoms with van der Waals surface area (Å²) in [5.41, 5.74) is 2.15. The van der Waals surface area contributed by atoms with Crippen molar-refractivity contribution in [2.45, 2.75) is 31.7 Å². The van der Waals surface area contributed by atoms with E-state index in [1.54, 1.807) is 41.3 Å².